The molecule has 0 atom stereocenters. The van der Waals surface area contributed by atoms with Crippen molar-refractivity contribution >= 4 is 5.91 Å². The highest BCUT2D eigenvalue weighted by Crippen LogP contribution is 2.28. The molecule has 0 spiro atoms. The van der Waals surface area contributed by atoms with E-state index in [0.29, 0.717) is 17.6 Å². The third kappa shape index (κ3) is 4.02. The van der Waals surface area contributed by atoms with E-state index in [9.17, 15) is 9.18 Å². The molecule has 1 saturated carbocycles. The number of nitrogens with zero attached hydrogens (tertiary/aromatic N) is 4. The summed E-state index contributed by atoms with van der Waals surface area (Å²) in [5.74, 6) is 0.459. The van der Waals surface area contributed by atoms with Crippen molar-refractivity contribution in [3.05, 3.63) is 35.9 Å². The van der Waals surface area contributed by atoms with Crippen LogP contribution in [0.15, 0.2) is 24.3 Å². The van der Waals surface area contributed by atoms with E-state index in [4.69, 9.17) is 4.74 Å². The van der Waals surface area contributed by atoms with Crippen molar-refractivity contribution in [2.45, 2.75) is 38.3 Å². The summed E-state index contributed by atoms with van der Waals surface area (Å²) in [4.78, 5) is 11.8. The van der Waals surface area contributed by atoms with Gasteiger partial charge in [-0.15, -0.1) is 5.10 Å². The number of nitrogens with one attached hydrogen (secondary N) is 1. The Hall–Kier alpha value is -2.51. The van der Waals surface area contributed by atoms with Gasteiger partial charge in [-0.25, -0.2) is 9.07 Å². The van der Waals surface area contributed by atoms with Gasteiger partial charge in [0, 0.05) is 0 Å². The van der Waals surface area contributed by atoms with Gasteiger partial charge in [0.25, 0.3) is 5.91 Å². The number of hydrogen-bond donors (Lipinski definition) is 1. The summed E-state index contributed by atoms with van der Waals surface area (Å²) in [5, 5.41) is 14.4. The number of carbonyl (C=O) groups is 1. The number of benzene rings is 1. The maximum absolute atomic E-state index is 12.8. The van der Waals surface area contributed by atoms with Gasteiger partial charge < -0.3 is 10.1 Å². The molecule has 1 aromatic carbocycles. The Morgan fingerprint density at radius 3 is 2.78 bits per heavy atom. The van der Waals surface area contributed by atoms with Crippen molar-refractivity contribution < 1.29 is 13.9 Å². The van der Waals surface area contributed by atoms with Gasteiger partial charge in [0.15, 0.2) is 12.4 Å². The predicted molar refractivity (Wildman–Crippen MR) is 79.1 cm³/mol. The number of tetrazole rings is 1. The number of amides is 1. The molecule has 1 aromatic heterocycles. The molecule has 0 bridgehead atoms. The van der Waals surface area contributed by atoms with E-state index >= 15 is 0 Å². The second-order valence-electron chi connectivity index (χ2n) is 5.50. The second-order valence-corrected chi connectivity index (χ2v) is 5.50. The molecule has 3 rings (SSSR count). The Morgan fingerprint density at radius 2 is 2.04 bits per heavy atom. The van der Waals surface area contributed by atoms with Crippen molar-refractivity contribution in [3.8, 4) is 5.75 Å². The lowest BCUT2D eigenvalue weighted by molar-refractivity contribution is -0.123. The lowest BCUT2D eigenvalue weighted by Gasteiger charge is -2.12. The van der Waals surface area contributed by atoms with Crippen LogP contribution in [0.5, 0.6) is 5.75 Å². The second kappa shape index (κ2) is 7.17. The normalized spacial score (nSPS) is 14.8. The zero-order valence-corrected chi connectivity index (χ0v) is 12.6. The SMILES string of the molecule is O=C(COc1ccc(F)cc1)NCc1nnnn1C1CCCC1. The predicted octanol–water partition coefficient (Wildman–Crippen LogP) is 1.62. The summed E-state index contributed by atoms with van der Waals surface area (Å²) in [6.07, 6.45) is 4.50. The minimum absolute atomic E-state index is 0.142. The zero-order chi connectivity index (χ0) is 16.1. The molecular weight excluding hydrogens is 301 g/mol. The molecule has 0 radical (unpaired) electrons. The van der Waals surface area contributed by atoms with Gasteiger partial charge in [0.05, 0.1) is 12.6 Å². The van der Waals surface area contributed by atoms with Gasteiger partial charge >= 0.3 is 0 Å². The first kappa shape index (κ1) is 15.4. The van der Waals surface area contributed by atoms with Crippen molar-refractivity contribution in [2.75, 3.05) is 6.61 Å². The molecule has 7 nitrogen and oxygen atoms in total. The third-order valence-corrected chi connectivity index (χ3v) is 3.86. The first-order valence-electron chi connectivity index (χ1n) is 7.64. The van der Waals surface area contributed by atoms with Gasteiger partial charge in [0.1, 0.15) is 11.6 Å². The number of halogens is 1. The van der Waals surface area contributed by atoms with Gasteiger partial charge in [0.2, 0.25) is 0 Å². The Morgan fingerprint density at radius 1 is 1.30 bits per heavy atom. The van der Waals surface area contributed by atoms with E-state index < -0.39 is 0 Å². The van der Waals surface area contributed by atoms with Gasteiger partial charge in [-0.3, -0.25) is 4.79 Å². The lowest BCUT2D eigenvalue weighted by atomic mass is 10.2. The molecule has 0 unspecified atom stereocenters. The monoisotopic (exact) mass is 319 g/mol. The van der Waals surface area contributed by atoms with E-state index in [1.807, 2.05) is 0 Å². The van der Waals surface area contributed by atoms with Crippen LogP contribution in [0, 0.1) is 5.82 Å². The van der Waals surface area contributed by atoms with Crippen molar-refractivity contribution in [3.63, 3.8) is 0 Å². The summed E-state index contributed by atoms with van der Waals surface area (Å²) < 4.78 is 19.9. The highest BCUT2D eigenvalue weighted by Gasteiger charge is 2.21. The largest absolute Gasteiger partial charge is 0.484 e. The minimum Gasteiger partial charge on any atom is -0.484 e. The van der Waals surface area contributed by atoms with E-state index in [2.05, 4.69) is 20.8 Å². The molecule has 1 aliphatic rings. The fourth-order valence-corrected chi connectivity index (χ4v) is 2.67. The van der Waals surface area contributed by atoms with Crippen LogP contribution in [0.1, 0.15) is 37.5 Å². The summed E-state index contributed by atoms with van der Waals surface area (Å²) in [7, 11) is 0. The first-order valence-corrected chi connectivity index (χ1v) is 7.64. The number of carbonyl (C=O) groups excluding carboxylic acids is 1. The molecule has 8 heteroatoms. The van der Waals surface area contributed by atoms with Crippen LogP contribution in [0.3, 0.4) is 0 Å². The minimum atomic E-state index is -0.347. The van der Waals surface area contributed by atoms with Gasteiger partial charge in [-0.05, 0) is 47.5 Å². The quantitative estimate of drug-likeness (QED) is 0.875. The standard InChI is InChI=1S/C15H18FN5O2/c16-11-5-7-13(8-6-11)23-10-15(22)17-9-14-18-19-20-21(14)12-3-1-2-4-12/h5-8,12H,1-4,9-10H2,(H,17,22). The zero-order valence-electron chi connectivity index (χ0n) is 12.6. The highest BCUT2D eigenvalue weighted by molar-refractivity contribution is 5.77. The smallest absolute Gasteiger partial charge is 0.258 e. The Labute approximate surface area is 132 Å². The maximum atomic E-state index is 12.8. The number of hydrogen-bond acceptors (Lipinski definition) is 5. The fourth-order valence-electron chi connectivity index (χ4n) is 2.67. The molecule has 0 saturated heterocycles. The average molecular weight is 319 g/mol. The van der Waals surface area contributed by atoms with E-state index in [0.717, 1.165) is 12.8 Å². The summed E-state index contributed by atoms with van der Waals surface area (Å²) >= 11 is 0. The van der Waals surface area contributed by atoms with Crippen LogP contribution >= 0.6 is 0 Å². The van der Waals surface area contributed by atoms with Crippen LogP contribution in [0.4, 0.5) is 4.39 Å². The molecule has 23 heavy (non-hydrogen) atoms. The van der Waals surface area contributed by atoms with Gasteiger partial charge in [-0.2, -0.15) is 0 Å². The van der Waals surface area contributed by atoms with Crippen molar-refractivity contribution in [2.24, 2.45) is 0 Å². The Balaban J connectivity index is 1.47. The molecule has 1 fully saturated rings. The average Bonchev–Trinajstić information content (AvgIpc) is 3.23. The van der Waals surface area contributed by atoms with Crippen LogP contribution in [-0.2, 0) is 11.3 Å². The Bertz CT molecular complexity index is 652. The fraction of sp³-hybridized carbons (Fsp3) is 0.467. The van der Waals surface area contributed by atoms with Crippen LogP contribution in [0.25, 0.3) is 0 Å². The molecular formula is C15H18FN5O2. The van der Waals surface area contributed by atoms with Gasteiger partial charge in [-0.1, -0.05) is 12.8 Å². The highest BCUT2D eigenvalue weighted by atomic mass is 19.1. The molecule has 1 amide bonds. The summed E-state index contributed by atoms with van der Waals surface area (Å²) in [6, 6.07) is 5.84. The van der Waals surface area contributed by atoms with E-state index in [1.165, 1.54) is 37.1 Å². The Kier molecular flexibility index (Phi) is 4.80. The molecule has 122 valence electrons. The summed E-state index contributed by atoms with van der Waals surface area (Å²) in [6.45, 7) is 0.117. The molecule has 1 N–H and O–H groups in total. The summed E-state index contributed by atoms with van der Waals surface area (Å²) in [5.41, 5.74) is 0. The van der Waals surface area contributed by atoms with Crippen LogP contribution < -0.4 is 10.1 Å². The van der Waals surface area contributed by atoms with E-state index in [1.54, 1.807) is 4.68 Å². The maximum Gasteiger partial charge on any atom is 0.258 e. The van der Waals surface area contributed by atoms with Crippen molar-refractivity contribution in [1.82, 2.24) is 25.5 Å². The lowest BCUT2D eigenvalue weighted by Crippen LogP contribution is -2.30. The molecule has 1 aliphatic carbocycles. The molecule has 1 heterocycles. The molecule has 2 aromatic rings. The molecule has 0 aliphatic heterocycles. The number of rotatable bonds is 6. The first-order chi connectivity index (χ1) is 11.2. The number of aromatic nitrogens is 4. The topological polar surface area (TPSA) is 81.9 Å². The van der Waals surface area contributed by atoms with Crippen molar-refractivity contribution in [1.29, 1.82) is 0 Å². The van der Waals surface area contributed by atoms with Crippen LogP contribution in [-0.4, -0.2) is 32.7 Å². The van der Waals surface area contributed by atoms with E-state index in [-0.39, 0.29) is 24.9 Å². The third-order valence-electron chi connectivity index (χ3n) is 3.86. The number of ether oxygens (including phenoxy) is 1. The van der Waals surface area contributed by atoms with Crippen LogP contribution in [0.2, 0.25) is 0 Å².